The molecule has 0 bridgehead atoms. The van der Waals surface area contributed by atoms with E-state index in [9.17, 15) is 14.4 Å². The summed E-state index contributed by atoms with van der Waals surface area (Å²) >= 11 is 10.7. The molecule has 0 saturated heterocycles. The number of carbonyl (C=O) groups excluding carboxylic acids is 3. The van der Waals surface area contributed by atoms with Crippen LogP contribution in [-0.4, -0.2) is 36.0 Å². The molecule has 0 radical (unpaired) electrons. The standard InChI is InChI=1S/C21H23ClN4O5S/c1-2-30-16-9-5-15(6-10-16)23-18(27)11-12-19(28)25-26-21(32)24-20(29)13-31-17-7-3-14(22)4-8-17/h3-10H,2,11-13H2,1H3,(H,23,27)(H,25,28)(H2,24,26,29,32). The van der Waals surface area contributed by atoms with Crippen molar-refractivity contribution in [2.45, 2.75) is 19.8 Å². The quantitative estimate of drug-likeness (QED) is 0.323. The highest BCUT2D eigenvalue weighted by Gasteiger charge is 2.10. The third kappa shape index (κ3) is 9.63. The predicted octanol–water partition coefficient (Wildman–Crippen LogP) is 2.56. The van der Waals surface area contributed by atoms with Gasteiger partial charge in [-0.1, -0.05) is 11.6 Å². The molecule has 32 heavy (non-hydrogen) atoms. The summed E-state index contributed by atoms with van der Waals surface area (Å²) in [5, 5.41) is 5.49. The highest BCUT2D eigenvalue weighted by molar-refractivity contribution is 7.80. The molecule has 2 aromatic carbocycles. The van der Waals surface area contributed by atoms with Crippen molar-refractivity contribution in [3.8, 4) is 11.5 Å². The van der Waals surface area contributed by atoms with Crippen molar-refractivity contribution in [2.24, 2.45) is 0 Å². The van der Waals surface area contributed by atoms with E-state index < -0.39 is 11.8 Å². The van der Waals surface area contributed by atoms with Crippen LogP contribution in [-0.2, 0) is 14.4 Å². The summed E-state index contributed by atoms with van der Waals surface area (Å²) in [4.78, 5) is 35.7. The number of halogens is 1. The zero-order valence-corrected chi connectivity index (χ0v) is 18.8. The van der Waals surface area contributed by atoms with Gasteiger partial charge in [-0.2, -0.15) is 0 Å². The maximum atomic E-state index is 12.0. The van der Waals surface area contributed by atoms with E-state index in [1.807, 2.05) is 6.92 Å². The van der Waals surface area contributed by atoms with Crippen LogP contribution in [0.25, 0.3) is 0 Å². The van der Waals surface area contributed by atoms with Gasteiger partial charge in [0.15, 0.2) is 11.7 Å². The molecule has 0 saturated carbocycles. The lowest BCUT2D eigenvalue weighted by Gasteiger charge is -2.11. The lowest BCUT2D eigenvalue weighted by molar-refractivity contribution is -0.125. The Morgan fingerprint density at radius 2 is 1.44 bits per heavy atom. The Balaban J connectivity index is 1.61. The van der Waals surface area contributed by atoms with Gasteiger partial charge in [-0.25, -0.2) is 0 Å². The number of ether oxygens (including phenoxy) is 2. The number of amides is 3. The zero-order chi connectivity index (χ0) is 23.3. The third-order valence-corrected chi connectivity index (χ3v) is 4.24. The van der Waals surface area contributed by atoms with Crippen LogP contribution in [0.4, 0.5) is 5.69 Å². The number of carbonyl (C=O) groups is 3. The smallest absolute Gasteiger partial charge is 0.264 e. The minimum absolute atomic E-state index is 0.0330. The van der Waals surface area contributed by atoms with Crippen LogP contribution in [0.3, 0.4) is 0 Å². The molecule has 0 heterocycles. The van der Waals surface area contributed by atoms with Gasteiger partial charge in [-0.15, -0.1) is 0 Å². The summed E-state index contributed by atoms with van der Waals surface area (Å²) in [6, 6.07) is 13.4. The van der Waals surface area contributed by atoms with Gasteiger partial charge in [0, 0.05) is 23.6 Å². The Kier molecular flexibility index (Phi) is 10.2. The second kappa shape index (κ2) is 13.1. The number of benzene rings is 2. The molecule has 0 unspecified atom stereocenters. The number of thiocarbonyl (C=S) groups is 1. The van der Waals surface area contributed by atoms with Gasteiger partial charge in [0.1, 0.15) is 11.5 Å². The fourth-order valence-electron chi connectivity index (χ4n) is 2.31. The van der Waals surface area contributed by atoms with Crippen LogP contribution in [0.5, 0.6) is 11.5 Å². The molecule has 0 spiro atoms. The number of nitrogens with one attached hydrogen (secondary N) is 4. The molecule has 0 fully saturated rings. The van der Waals surface area contributed by atoms with Gasteiger partial charge in [0.05, 0.1) is 6.61 Å². The van der Waals surface area contributed by atoms with Crippen LogP contribution < -0.4 is 31.0 Å². The highest BCUT2D eigenvalue weighted by Crippen LogP contribution is 2.16. The second-order valence-electron chi connectivity index (χ2n) is 6.30. The van der Waals surface area contributed by atoms with Crippen LogP contribution in [0, 0.1) is 0 Å². The summed E-state index contributed by atoms with van der Waals surface area (Å²) in [5.74, 6) is -0.127. The normalized spacial score (nSPS) is 9.94. The molecule has 2 aromatic rings. The van der Waals surface area contributed by atoms with Crippen molar-refractivity contribution in [2.75, 3.05) is 18.5 Å². The van der Waals surface area contributed by atoms with E-state index in [0.29, 0.717) is 28.8 Å². The monoisotopic (exact) mass is 478 g/mol. The summed E-state index contributed by atoms with van der Waals surface area (Å²) in [6.07, 6.45) is -0.110. The molecule has 3 amide bonds. The predicted molar refractivity (Wildman–Crippen MR) is 124 cm³/mol. The van der Waals surface area contributed by atoms with Crippen LogP contribution in [0.15, 0.2) is 48.5 Å². The van der Waals surface area contributed by atoms with Gasteiger partial charge in [0.2, 0.25) is 11.8 Å². The molecule has 170 valence electrons. The van der Waals surface area contributed by atoms with Crippen molar-refractivity contribution in [3.63, 3.8) is 0 Å². The molecule has 4 N–H and O–H groups in total. The minimum atomic E-state index is -0.513. The fourth-order valence-corrected chi connectivity index (χ4v) is 2.61. The summed E-state index contributed by atoms with van der Waals surface area (Å²) in [7, 11) is 0. The van der Waals surface area contributed by atoms with Crippen LogP contribution in [0.2, 0.25) is 5.02 Å². The van der Waals surface area contributed by atoms with Gasteiger partial charge < -0.3 is 14.8 Å². The summed E-state index contributed by atoms with van der Waals surface area (Å²) in [5.41, 5.74) is 5.30. The van der Waals surface area contributed by atoms with E-state index in [2.05, 4.69) is 21.5 Å². The Morgan fingerprint density at radius 1 is 0.844 bits per heavy atom. The molecule has 9 nitrogen and oxygen atoms in total. The first-order chi connectivity index (χ1) is 15.4. The Bertz CT molecular complexity index is 938. The van der Waals surface area contributed by atoms with E-state index in [1.54, 1.807) is 48.5 Å². The number of hydrogen-bond acceptors (Lipinski definition) is 6. The van der Waals surface area contributed by atoms with Gasteiger partial charge in [-0.3, -0.25) is 30.6 Å². The van der Waals surface area contributed by atoms with Crippen LogP contribution >= 0.6 is 23.8 Å². The lowest BCUT2D eigenvalue weighted by atomic mass is 10.2. The van der Waals surface area contributed by atoms with Crippen LogP contribution in [0.1, 0.15) is 19.8 Å². The van der Waals surface area contributed by atoms with Gasteiger partial charge in [-0.05, 0) is 67.7 Å². The van der Waals surface area contributed by atoms with E-state index in [0.717, 1.165) is 0 Å². The average molecular weight is 479 g/mol. The summed E-state index contributed by atoms with van der Waals surface area (Å²) < 4.78 is 10.6. The Hall–Kier alpha value is -3.37. The Labute approximate surface area is 195 Å². The van der Waals surface area contributed by atoms with E-state index in [1.165, 1.54) is 0 Å². The minimum Gasteiger partial charge on any atom is -0.494 e. The van der Waals surface area contributed by atoms with E-state index in [4.69, 9.17) is 33.3 Å². The molecule has 0 aromatic heterocycles. The summed E-state index contributed by atoms with van der Waals surface area (Å²) in [6.45, 7) is 2.16. The zero-order valence-electron chi connectivity index (χ0n) is 17.3. The first kappa shape index (κ1) is 24.9. The number of hydrazine groups is 1. The van der Waals surface area contributed by atoms with E-state index >= 15 is 0 Å². The van der Waals surface area contributed by atoms with Crippen molar-refractivity contribution < 1.29 is 23.9 Å². The third-order valence-electron chi connectivity index (χ3n) is 3.78. The molecule has 0 aliphatic heterocycles. The van der Waals surface area contributed by atoms with Crippen molar-refractivity contribution >= 4 is 52.3 Å². The topological polar surface area (TPSA) is 118 Å². The maximum absolute atomic E-state index is 12.0. The average Bonchev–Trinajstić information content (AvgIpc) is 2.77. The second-order valence-corrected chi connectivity index (χ2v) is 7.14. The number of rotatable bonds is 9. The molecule has 0 aliphatic carbocycles. The highest BCUT2D eigenvalue weighted by atomic mass is 35.5. The van der Waals surface area contributed by atoms with Crippen molar-refractivity contribution in [1.82, 2.24) is 16.2 Å². The molecule has 2 rings (SSSR count). The lowest BCUT2D eigenvalue weighted by Crippen LogP contribution is -2.49. The molecular weight excluding hydrogens is 456 g/mol. The van der Waals surface area contributed by atoms with E-state index in [-0.39, 0.29) is 30.5 Å². The SMILES string of the molecule is CCOc1ccc(NC(=O)CCC(=O)NNC(=S)NC(=O)COc2ccc(Cl)cc2)cc1. The van der Waals surface area contributed by atoms with Gasteiger partial charge in [0.25, 0.3) is 5.91 Å². The molecule has 11 heteroatoms. The molecular formula is C21H23ClN4O5S. The van der Waals surface area contributed by atoms with Crippen molar-refractivity contribution in [1.29, 1.82) is 0 Å². The Morgan fingerprint density at radius 3 is 2.09 bits per heavy atom. The first-order valence-electron chi connectivity index (χ1n) is 9.65. The fraction of sp³-hybridized carbons (Fsp3) is 0.238. The molecule has 0 atom stereocenters. The number of anilines is 1. The van der Waals surface area contributed by atoms with Gasteiger partial charge >= 0.3 is 0 Å². The maximum Gasteiger partial charge on any atom is 0.264 e. The number of hydrogen-bond donors (Lipinski definition) is 4. The first-order valence-corrected chi connectivity index (χ1v) is 10.4. The van der Waals surface area contributed by atoms with Crippen molar-refractivity contribution in [3.05, 3.63) is 53.6 Å². The largest absolute Gasteiger partial charge is 0.494 e. The molecule has 0 aliphatic rings.